The number of rotatable bonds is 3. The van der Waals surface area contributed by atoms with Crippen LogP contribution in [0.1, 0.15) is 28.5 Å². The molecule has 0 saturated carbocycles. The fourth-order valence-corrected chi connectivity index (χ4v) is 1.18. The highest BCUT2D eigenvalue weighted by Gasteiger charge is 2.11. The van der Waals surface area contributed by atoms with Crippen LogP contribution in [0.2, 0.25) is 0 Å². The zero-order valence-electron chi connectivity index (χ0n) is 8.94. The first-order valence-corrected chi connectivity index (χ1v) is 4.47. The second kappa shape index (κ2) is 4.59. The number of aryl methyl sites for hydroxylation is 1. The van der Waals surface area contributed by atoms with Crippen molar-refractivity contribution in [2.24, 2.45) is 0 Å². The highest BCUT2D eigenvalue weighted by molar-refractivity contribution is 5.90. The molecule has 0 aliphatic heterocycles. The second-order valence-corrected chi connectivity index (χ2v) is 3.15. The van der Waals surface area contributed by atoms with Crippen LogP contribution >= 0.6 is 0 Å². The predicted octanol–water partition coefficient (Wildman–Crippen LogP) is 2.10. The summed E-state index contributed by atoms with van der Waals surface area (Å²) in [6.45, 7) is 3.60. The molecule has 1 aromatic heterocycles. The molecule has 1 rings (SSSR count). The number of ether oxygens (including phenoxy) is 1. The summed E-state index contributed by atoms with van der Waals surface area (Å²) in [4.78, 5) is 14.7. The molecule has 0 saturated heterocycles. The third-order valence-corrected chi connectivity index (χ3v) is 2.08. The van der Waals surface area contributed by atoms with E-state index < -0.39 is 5.97 Å². The molecule has 0 aliphatic carbocycles. The van der Waals surface area contributed by atoms with Gasteiger partial charge in [-0.1, -0.05) is 0 Å². The average molecular weight is 207 g/mol. The SMILES string of the molecule is COC(C)=Cc1c(C)ccnc1C(=O)O. The lowest BCUT2D eigenvalue weighted by Crippen LogP contribution is -2.04. The minimum atomic E-state index is -1.03. The summed E-state index contributed by atoms with van der Waals surface area (Å²) in [7, 11) is 1.54. The summed E-state index contributed by atoms with van der Waals surface area (Å²) in [6.07, 6.45) is 3.16. The number of hydrogen-bond donors (Lipinski definition) is 1. The first kappa shape index (κ1) is 11.2. The number of aromatic nitrogens is 1. The molecule has 0 amide bonds. The number of carboxylic acid groups (broad SMARTS) is 1. The Bertz CT molecular complexity index is 410. The topological polar surface area (TPSA) is 59.4 Å². The fraction of sp³-hybridized carbons (Fsp3) is 0.273. The number of methoxy groups -OCH3 is 1. The molecule has 0 unspecified atom stereocenters. The van der Waals surface area contributed by atoms with Crippen molar-refractivity contribution in [2.45, 2.75) is 13.8 Å². The van der Waals surface area contributed by atoms with Gasteiger partial charge < -0.3 is 9.84 Å². The van der Waals surface area contributed by atoms with Gasteiger partial charge in [-0.25, -0.2) is 9.78 Å². The standard InChI is InChI=1S/C11H13NO3/c1-7-4-5-12-10(11(13)14)9(7)6-8(2)15-3/h4-6H,1-3H3,(H,13,14). The fourth-order valence-electron chi connectivity index (χ4n) is 1.18. The van der Waals surface area contributed by atoms with Crippen molar-refractivity contribution in [1.29, 1.82) is 0 Å². The Morgan fingerprint density at radius 3 is 2.80 bits per heavy atom. The van der Waals surface area contributed by atoms with Crippen LogP contribution < -0.4 is 0 Å². The van der Waals surface area contributed by atoms with Gasteiger partial charge in [0.15, 0.2) is 5.69 Å². The van der Waals surface area contributed by atoms with Crippen molar-refractivity contribution < 1.29 is 14.6 Å². The monoisotopic (exact) mass is 207 g/mol. The summed E-state index contributed by atoms with van der Waals surface area (Å²) >= 11 is 0. The normalized spacial score (nSPS) is 11.3. The molecule has 1 N–H and O–H groups in total. The van der Waals surface area contributed by atoms with Crippen molar-refractivity contribution in [2.75, 3.05) is 7.11 Å². The summed E-state index contributed by atoms with van der Waals surface area (Å²) in [6, 6.07) is 1.77. The smallest absolute Gasteiger partial charge is 0.355 e. The van der Waals surface area contributed by atoms with E-state index in [2.05, 4.69) is 4.98 Å². The van der Waals surface area contributed by atoms with Gasteiger partial charge in [-0.05, 0) is 31.6 Å². The first-order chi connectivity index (χ1) is 7.06. The highest BCUT2D eigenvalue weighted by Crippen LogP contribution is 2.16. The van der Waals surface area contributed by atoms with Crippen molar-refractivity contribution in [1.82, 2.24) is 4.98 Å². The maximum Gasteiger partial charge on any atom is 0.355 e. The maximum atomic E-state index is 10.9. The number of aromatic carboxylic acids is 1. The van der Waals surface area contributed by atoms with Crippen LogP contribution in [0.25, 0.3) is 6.08 Å². The molecule has 4 nitrogen and oxygen atoms in total. The minimum absolute atomic E-state index is 0.0476. The van der Waals surface area contributed by atoms with E-state index in [1.165, 1.54) is 13.3 Å². The van der Waals surface area contributed by atoms with Crippen LogP contribution in [-0.2, 0) is 4.74 Å². The van der Waals surface area contributed by atoms with E-state index in [4.69, 9.17) is 9.84 Å². The van der Waals surface area contributed by atoms with Gasteiger partial charge in [0, 0.05) is 11.8 Å². The summed E-state index contributed by atoms with van der Waals surface area (Å²) < 4.78 is 4.98. The van der Waals surface area contributed by atoms with Gasteiger partial charge in [-0.3, -0.25) is 0 Å². The lowest BCUT2D eigenvalue weighted by Gasteiger charge is -2.05. The van der Waals surface area contributed by atoms with E-state index in [0.29, 0.717) is 11.3 Å². The van der Waals surface area contributed by atoms with Crippen molar-refractivity contribution in [3.05, 3.63) is 34.8 Å². The molecule has 0 radical (unpaired) electrons. The number of allylic oxidation sites excluding steroid dienone is 1. The maximum absolute atomic E-state index is 10.9. The molecule has 15 heavy (non-hydrogen) atoms. The molecule has 80 valence electrons. The second-order valence-electron chi connectivity index (χ2n) is 3.15. The predicted molar refractivity (Wildman–Crippen MR) is 56.6 cm³/mol. The van der Waals surface area contributed by atoms with Crippen LogP contribution in [-0.4, -0.2) is 23.2 Å². The first-order valence-electron chi connectivity index (χ1n) is 4.47. The highest BCUT2D eigenvalue weighted by atomic mass is 16.5. The van der Waals surface area contributed by atoms with Crippen molar-refractivity contribution in [3.63, 3.8) is 0 Å². The zero-order chi connectivity index (χ0) is 11.4. The molecule has 0 atom stereocenters. The average Bonchev–Trinajstić information content (AvgIpc) is 2.20. The summed E-state index contributed by atoms with van der Waals surface area (Å²) in [5, 5.41) is 8.94. The molecular formula is C11H13NO3. The van der Waals surface area contributed by atoms with Crippen molar-refractivity contribution in [3.8, 4) is 0 Å². The number of hydrogen-bond acceptors (Lipinski definition) is 3. The Balaban J connectivity index is 3.31. The Hall–Kier alpha value is -1.84. The van der Waals surface area contributed by atoms with Crippen LogP contribution in [0.5, 0.6) is 0 Å². The van der Waals surface area contributed by atoms with Gasteiger partial charge in [-0.2, -0.15) is 0 Å². The van der Waals surface area contributed by atoms with Crippen LogP contribution in [0.4, 0.5) is 0 Å². The third kappa shape index (κ3) is 2.56. The van der Waals surface area contributed by atoms with Gasteiger partial charge in [0.25, 0.3) is 0 Å². The molecular weight excluding hydrogens is 194 g/mol. The number of carbonyl (C=O) groups is 1. The molecule has 0 fully saturated rings. The summed E-state index contributed by atoms with van der Waals surface area (Å²) in [5.41, 5.74) is 1.49. The molecule has 4 heteroatoms. The van der Waals surface area contributed by atoms with Gasteiger partial charge in [-0.15, -0.1) is 0 Å². The summed E-state index contributed by atoms with van der Waals surface area (Å²) in [5.74, 6) is -0.387. The van der Waals surface area contributed by atoms with Crippen molar-refractivity contribution >= 4 is 12.0 Å². The van der Waals surface area contributed by atoms with E-state index in [-0.39, 0.29) is 5.69 Å². The van der Waals surface area contributed by atoms with Gasteiger partial charge in [0.1, 0.15) is 0 Å². The van der Waals surface area contributed by atoms with Crippen LogP contribution in [0.15, 0.2) is 18.0 Å². The van der Waals surface area contributed by atoms with Gasteiger partial charge in [0.2, 0.25) is 0 Å². The molecule has 1 aromatic rings. The number of pyridine rings is 1. The molecule has 0 bridgehead atoms. The van der Waals surface area contributed by atoms with E-state index in [1.807, 2.05) is 6.92 Å². The van der Waals surface area contributed by atoms with E-state index in [1.54, 1.807) is 19.1 Å². The van der Waals surface area contributed by atoms with Crippen LogP contribution in [0.3, 0.4) is 0 Å². The quantitative estimate of drug-likeness (QED) is 0.771. The van der Waals surface area contributed by atoms with E-state index >= 15 is 0 Å². The molecule has 0 spiro atoms. The molecule has 0 aliphatic rings. The number of nitrogens with zero attached hydrogens (tertiary/aromatic N) is 1. The van der Waals surface area contributed by atoms with Crippen LogP contribution in [0, 0.1) is 6.92 Å². The van der Waals surface area contributed by atoms with Gasteiger partial charge in [0.05, 0.1) is 12.9 Å². The zero-order valence-corrected chi connectivity index (χ0v) is 8.94. The third-order valence-electron chi connectivity index (χ3n) is 2.08. The largest absolute Gasteiger partial charge is 0.501 e. The van der Waals surface area contributed by atoms with E-state index in [0.717, 1.165) is 5.56 Å². The Morgan fingerprint density at radius 2 is 2.27 bits per heavy atom. The molecule has 0 aromatic carbocycles. The van der Waals surface area contributed by atoms with Gasteiger partial charge >= 0.3 is 5.97 Å². The molecule has 1 heterocycles. The Kier molecular flexibility index (Phi) is 3.44. The lowest BCUT2D eigenvalue weighted by atomic mass is 10.1. The lowest BCUT2D eigenvalue weighted by molar-refractivity contribution is 0.0690. The Labute approximate surface area is 88.2 Å². The number of carboxylic acids is 1. The minimum Gasteiger partial charge on any atom is -0.501 e. The van der Waals surface area contributed by atoms with E-state index in [9.17, 15) is 4.79 Å². The Morgan fingerprint density at radius 1 is 1.60 bits per heavy atom.